The van der Waals surface area contributed by atoms with Crippen LogP contribution in [-0.2, 0) is 11.2 Å². The first-order valence-corrected chi connectivity index (χ1v) is 5.26. The molecule has 0 aliphatic heterocycles. The fourth-order valence-electron chi connectivity index (χ4n) is 1.43. The summed E-state index contributed by atoms with van der Waals surface area (Å²) < 4.78 is 39.0. The topological polar surface area (TPSA) is 54.9 Å². The SMILES string of the molecule is O=C(Cc1ccc(F)c(F)c1F)Nc1ccncn1. The molecule has 1 amide bonds. The molecule has 0 aliphatic carbocycles. The molecular weight excluding hydrogens is 259 g/mol. The molecule has 0 spiro atoms. The Morgan fingerprint density at radius 2 is 1.95 bits per heavy atom. The zero-order valence-electron chi connectivity index (χ0n) is 9.53. The maximum Gasteiger partial charge on any atom is 0.230 e. The van der Waals surface area contributed by atoms with Gasteiger partial charge in [-0.3, -0.25) is 4.79 Å². The molecule has 0 saturated carbocycles. The number of hydrogen-bond donors (Lipinski definition) is 1. The summed E-state index contributed by atoms with van der Waals surface area (Å²) in [5, 5.41) is 2.38. The second kappa shape index (κ2) is 5.47. The largest absolute Gasteiger partial charge is 0.310 e. The fraction of sp³-hybridized carbons (Fsp3) is 0.0833. The van der Waals surface area contributed by atoms with Crippen molar-refractivity contribution in [2.75, 3.05) is 5.32 Å². The molecule has 0 unspecified atom stereocenters. The number of amides is 1. The Labute approximate surface area is 106 Å². The molecular formula is C12H8F3N3O. The van der Waals surface area contributed by atoms with Crippen LogP contribution in [0, 0.1) is 17.5 Å². The fourth-order valence-corrected chi connectivity index (χ4v) is 1.43. The van der Waals surface area contributed by atoms with Gasteiger partial charge in [0.15, 0.2) is 17.5 Å². The van der Waals surface area contributed by atoms with E-state index >= 15 is 0 Å². The van der Waals surface area contributed by atoms with E-state index in [1.807, 2.05) is 0 Å². The van der Waals surface area contributed by atoms with Crippen molar-refractivity contribution >= 4 is 11.7 Å². The summed E-state index contributed by atoms with van der Waals surface area (Å²) in [6.45, 7) is 0. The lowest BCUT2D eigenvalue weighted by atomic mass is 10.1. The highest BCUT2D eigenvalue weighted by molar-refractivity contribution is 5.91. The zero-order chi connectivity index (χ0) is 13.8. The van der Waals surface area contributed by atoms with Gasteiger partial charge in [-0.25, -0.2) is 23.1 Å². The first-order valence-electron chi connectivity index (χ1n) is 5.26. The third-order valence-corrected chi connectivity index (χ3v) is 2.32. The zero-order valence-corrected chi connectivity index (χ0v) is 9.53. The normalized spacial score (nSPS) is 10.3. The molecule has 1 aromatic heterocycles. The van der Waals surface area contributed by atoms with Crippen molar-refractivity contribution < 1.29 is 18.0 Å². The first-order chi connectivity index (χ1) is 9.08. The number of halogens is 3. The Hall–Kier alpha value is -2.44. The molecule has 0 atom stereocenters. The van der Waals surface area contributed by atoms with E-state index in [9.17, 15) is 18.0 Å². The van der Waals surface area contributed by atoms with Crippen molar-refractivity contribution in [3.63, 3.8) is 0 Å². The van der Waals surface area contributed by atoms with E-state index in [0.29, 0.717) is 0 Å². The van der Waals surface area contributed by atoms with Crippen LogP contribution in [0.1, 0.15) is 5.56 Å². The van der Waals surface area contributed by atoms with Gasteiger partial charge in [-0.05, 0) is 12.1 Å². The van der Waals surface area contributed by atoms with E-state index in [2.05, 4.69) is 15.3 Å². The first kappa shape index (κ1) is 13.0. The summed E-state index contributed by atoms with van der Waals surface area (Å²) in [6.07, 6.45) is 2.22. The van der Waals surface area contributed by atoms with Gasteiger partial charge in [0.2, 0.25) is 5.91 Å². The molecule has 2 rings (SSSR count). The van der Waals surface area contributed by atoms with E-state index in [4.69, 9.17) is 0 Å². The molecule has 98 valence electrons. The third-order valence-electron chi connectivity index (χ3n) is 2.32. The molecule has 0 saturated heterocycles. The molecule has 0 fully saturated rings. The van der Waals surface area contributed by atoms with E-state index in [1.54, 1.807) is 0 Å². The quantitative estimate of drug-likeness (QED) is 0.866. The number of nitrogens with one attached hydrogen (secondary N) is 1. The van der Waals surface area contributed by atoms with Crippen LogP contribution in [0.5, 0.6) is 0 Å². The minimum atomic E-state index is -1.59. The van der Waals surface area contributed by atoms with Crippen molar-refractivity contribution in [2.45, 2.75) is 6.42 Å². The van der Waals surface area contributed by atoms with Gasteiger partial charge in [-0.15, -0.1) is 0 Å². The number of anilines is 1. The lowest BCUT2D eigenvalue weighted by Gasteiger charge is -2.05. The van der Waals surface area contributed by atoms with Crippen LogP contribution in [-0.4, -0.2) is 15.9 Å². The molecule has 7 heteroatoms. The van der Waals surface area contributed by atoms with Crippen LogP contribution in [0.15, 0.2) is 30.7 Å². The molecule has 19 heavy (non-hydrogen) atoms. The van der Waals surface area contributed by atoms with E-state index < -0.39 is 29.8 Å². The predicted molar refractivity (Wildman–Crippen MR) is 60.7 cm³/mol. The summed E-state index contributed by atoms with van der Waals surface area (Å²) in [4.78, 5) is 19.0. The van der Waals surface area contributed by atoms with Gasteiger partial charge in [0.1, 0.15) is 12.1 Å². The summed E-state index contributed by atoms with van der Waals surface area (Å²) in [7, 11) is 0. The molecule has 4 nitrogen and oxygen atoms in total. The van der Waals surface area contributed by atoms with E-state index in [0.717, 1.165) is 12.1 Å². The molecule has 1 aromatic carbocycles. The molecule has 0 bridgehead atoms. The number of rotatable bonds is 3. The van der Waals surface area contributed by atoms with Crippen LogP contribution in [0.2, 0.25) is 0 Å². The maximum atomic E-state index is 13.3. The van der Waals surface area contributed by atoms with Gasteiger partial charge in [0.25, 0.3) is 0 Å². The number of nitrogens with zero attached hydrogens (tertiary/aromatic N) is 2. The van der Waals surface area contributed by atoms with Gasteiger partial charge in [-0.2, -0.15) is 0 Å². The van der Waals surface area contributed by atoms with Crippen LogP contribution in [0.25, 0.3) is 0 Å². The minimum Gasteiger partial charge on any atom is -0.310 e. The monoisotopic (exact) mass is 267 g/mol. The molecule has 1 heterocycles. The van der Waals surface area contributed by atoms with Crippen LogP contribution >= 0.6 is 0 Å². The van der Waals surface area contributed by atoms with E-state index in [-0.39, 0.29) is 11.4 Å². The molecule has 2 aromatic rings. The van der Waals surface area contributed by atoms with Gasteiger partial charge in [0, 0.05) is 11.8 Å². The summed E-state index contributed by atoms with van der Waals surface area (Å²) >= 11 is 0. The van der Waals surface area contributed by atoms with Crippen molar-refractivity contribution in [2.24, 2.45) is 0 Å². The standard InChI is InChI=1S/C12H8F3N3O/c13-8-2-1-7(11(14)12(8)15)5-10(19)18-9-3-4-16-6-17-9/h1-4,6H,5H2,(H,16,17,18,19). The number of benzene rings is 1. The van der Waals surface area contributed by atoms with Crippen molar-refractivity contribution in [3.8, 4) is 0 Å². The Morgan fingerprint density at radius 1 is 1.16 bits per heavy atom. The second-order valence-corrected chi connectivity index (χ2v) is 3.65. The predicted octanol–water partition coefficient (Wildman–Crippen LogP) is 2.08. The Balaban J connectivity index is 2.10. The molecule has 0 aliphatic rings. The maximum absolute atomic E-state index is 13.3. The van der Waals surface area contributed by atoms with Crippen molar-refractivity contribution in [3.05, 3.63) is 53.7 Å². The van der Waals surface area contributed by atoms with Crippen LogP contribution < -0.4 is 5.32 Å². The van der Waals surface area contributed by atoms with Gasteiger partial charge >= 0.3 is 0 Å². The average molecular weight is 267 g/mol. The van der Waals surface area contributed by atoms with Gasteiger partial charge in [0.05, 0.1) is 6.42 Å². The Kier molecular flexibility index (Phi) is 3.74. The van der Waals surface area contributed by atoms with E-state index in [1.165, 1.54) is 18.6 Å². The minimum absolute atomic E-state index is 0.231. The Morgan fingerprint density at radius 3 is 2.63 bits per heavy atom. The lowest BCUT2D eigenvalue weighted by molar-refractivity contribution is -0.115. The number of aromatic nitrogens is 2. The average Bonchev–Trinajstić information content (AvgIpc) is 2.41. The van der Waals surface area contributed by atoms with Crippen LogP contribution in [0.4, 0.5) is 19.0 Å². The smallest absolute Gasteiger partial charge is 0.230 e. The summed E-state index contributed by atoms with van der Waals surface area (Å²) in [5.41, 5.74) is -0.231. The highest BCUT2D eigenvalue weighted by Gasteiger charge is 2.15. The van der Waals surface area contributed by atoms with Crippen molar-refractivity contribution in [1.82, 2.24) is 9.97 Å². The number of carbonyl (C=O) groups excluding carboxylic acids is 1. The highest BCUT2D eigenvalue weighted by atomic mass is 19.2. The Bertz CT molecular complexity index is 605. The second-order valence-electron chi connectivity index (χ2n) is 3.65. The molecule has 1 N–H and O–H groups in total. The van der Waals surface area contributed by atoms with Crippen molar-refractivity contribution in [1.29, 1.82) is 0 Å². The van der Waals surface area contributed by atoms with Crippen LogP contribution in [0.3, 0.4) is 0 Å². The number of hydrogen-bond acceptors (Lipinski definition) is 3. The summed E-state index contributed by atoms with van der Waals surface area (Å²) in [5.74, 6) is -4.60. The van der Waals surface area contributed by atoms with Gasteiger partial charge in [-0.1, -0.05) is 6.07 Å². The third kappa shape index (κ3) is 3.06. The number of carbonyl (C=O) groups is 1. The summed E-state index contributed by atoms with van der Waals surface area (Å²) in [6, 6.07) is 3.23. The molecule has 0 radical (unpaired) electrons. The van der Waals surface area contributed by atoms with Gasteiger partial charge < -0.3 is 5.32 Å². The highest BCUT2D eigenvalue weighted by Crippen LogP contribution is 2.16. The lowest BCUT2D eigenvalue weighted by Crippen LogP contribution is -2.16.